The predicted octanol–water partition coefficient (Wildman–Crippen LogP) is -6.40. The number of halogens is 2. The number of rotatable bonds is 0. The van der Waals surface area contributed by atoms with Crippen molar-refractivity contribution in [2.24, 2.45) is 10.8 Å². The first kappa shape index (κ1) is 43.0. The SMILES string of the molecule is CC(=O)[O-].CC(=O)[O-].CN=N.N.NC1CCCCC1.[Cl-].[Cl-].[Pt+4]. The van der Waals surface area contributed by atoms with Crippen LogP contribution in [0.1, 0.15) is 46.0 Å². The molecule has 0 aliphatic heterocycles. The molecular formula is C11H26Cl2N4O4Pt. The molecule has 0 aromatic carbocycles. The van der Waals surface area contributed by atoms with E-state index in [0.29, 0.717) is 6.04 Å². The van der Waals surface area contributed by atoms with Gasteiger partial charge in [-0.25, -0.2) is 10.6 Å². The molecule has 0 amide bonds. The Morgan fingerprint density at radius 3 is 1.32 bits per heavy atom. The molecule has 6 N–H and O–H groups in total. The topological polar surface area (TPSA) is 177 Å². The fourth-order valence-corrected chi connectivity index (χ4v) is 1.13. The molecule has 1 saturated carbocycles. The Kier molecular flexibility index (Phi) is 72.8. The van der Waals surface area contributed by atoms with Gasteiger partial charge in [0, 0.05) is 25.0 Å². The van der Waals surface area contributed by atoms with Gasteiger partial charge in [-0.2, -0.15) is 0 Å². The number of nitrogens with one attached hydrogen (secondary N) is 1. The Hall–Kier alpha value is -0.272. The maximum absolute atomic E-state index is 8.89. The van der Waals surface area contributed by atoms with E-state index in [9.17, 15) is 0 Å². The predicted molar refractivity (Wildman–Crippen MR) is 68.5 cm³/mol. The summed E-state index contributed by atoms with van der Waals surface area (Å²) in [5.41, 5.74) is 11.5. The summed E-state index contributed by atoms with van der Waals surface area (Å²) in [5, 5.41) is 20.5. The van der Waals surface area contributed by atoms with E-state index in [1.165, 1.54) is 39.2 Å². The van der Waals surface area contributed by atoms with Gasteiger partial charge in [-0.1, -0.05) is 19.3 Å². The number of carbonyl (C=O) groups is 2. The molecule has 1 rings (SSSR count). The van der Waals surface area contributed by atoms with Crippen LogP contribution in [0.4, 0.5) is 0 Å². The van der Waals surface area contributed by atoms with Crippen molar-refractivity contribution in [1.29, 1.82) is 5.53 Å². The Labute approximate surface area is 159 Å². The summed E-state index contributed by atoms with van der Waals surface area (Å²) >= 11 is 0. The molecule has 0 heterocycles. The van der Waals surface area contributed by atoms with Crippen LogP contribution in [-0.2, 0) is 30.7 Å². The molecule has 1 fully saturated rings. The van der Waals surface area contributed by atoms with Crippen molar-refractivity contribution < 1.29 is 65.7 Å². The molecule has 138 valence electrons. The first-order valence-electron chi connectivity index (χ1n) is 5.64. The number of aliphatic carboxylic acids is 2. The van der Waals surface area contributed by atoms with Gasteiger partial charge >= 0.3 is 21.1 Å². The molecule has 0 atom stereocenters. The largest absolute Gasteiger partial charge is 4.00 e. The number of carbonyl (C=O) groups excluding carboxylic acids is 2. The summed E-state index contributed by atoms with van der Waals surface area (Å²) in [6.07, 6.45) is 6.66. The zero-order chi connectivity index (χ0) is 15.0. The van der Waals surface area contributed by atoms with Crippen molar-refractivity contribution in [3.05, 3.63) is 0 Å². The first-order chi connectivity index (χ1) is 8.27. The van der Waals surface area contributed by atoms with Crippen molar-refractivity contribution in [1.82, 2.24) is 6.15 Å². The van der Waals surface area contributed by atoms with Crippen LogP contribution in [0.3, 0.4) is 0 Å². The van der Waals surface area contributed by atoms with Gasteiger partial charge in [-0.3, -0.25) is 0 Å². The third-order valence-electron chi connectivity index (χ3n) is 1.65. The smallest absolute Gasteiger partial charge is 1.00 e. The summed E-state index contributed by atoms with van der Waals surface area (Å²) in [4.78, 5) is 17.8. The quantitative estimate of drug-likeness (QED) is 0.256. The van der Waals surface area contributed by atoms with Gasteiger partial charge < -0.3 is 56.5 Å². The summed E-state index contributed by atoms with van der Waals surface area (Å²) < 4.78 is 0. The molecule has 0 unspecified atom stereocenters. The van der Waals surface area contributed by atoms with E-state index >= 15 is 0 Å². The molecule has 1 aliphatic carbocycles. The van der Waals surface area contributed by atoms with Crippen LogP contribution >= 0.6 is 0 Å². The van der Waals surface area contributed by atoms with E-state index in [-0.39, 0.29) is 52.0 Å². The van der Waals surface area contributed by atoms with Gasteiger partial charge in [0.2, 0.25) is 0 Å². The van der Waals surface area contributed by atoms with Gasteiger partial charge in [0.1, 0.15) is 0 Å². The van der Waals surface area contributed by atoms with E-state index in [1.807, 2.05) is 0 Å². The zero-order valence-electron chi connectivity index (χ0n) is 13.0. The van der Waals surface area contributed by atoms with E-state index in [4.69, 9.17) is 31.1 Å². The fraction of sp³-hybridized carbons (Fsp3) is 0.818. The van der Waals surface area contributed by atoms with E-state index in [2.05, 4.69) is 5.11 Å². The van der Waals surface area contributed by atoms with Crippen molar-refractivity contribution in [2.45, 2.75) is 52.0 Å². The van der Waals surface area contributed by atoms with Crippen LogP contribution in [-0.4, -0.2) is 25.0 Å². The Balaban J connectivity index is -0.0000000272. The number of carboxylic acids is 2. The van der Waals surface area contributed by atoms with Crippen LogP contribution in [0.5, 0.6) is 0 Å². The number of nitrogens with zero attached hydrogens (tertiary/aromatic N) is 1. The Bertz CT molecular complexity index is 214. The minimum atomic E-state index is -1.08. The molecule has 8 nitrogen and oxygen atoms in total. The maximum atomic E-state index is 8.89. The van der Waals surface area contributed by atoms with E-state index in [0.717, 1.165) is 13.8 Å². The summed E-state index contributed by atoms with van der Waals surface area (Å²) in [6, 6.07) is 0.536. The molecule has 0 aromatic rings. The number of hydrogen-bond donors (Lipinski definition) is 3. The minimum absolute atomic E-state index is 0. The van der Waals surface area contributed by atoms with Crippen molar-refractivity contribution in [3.8, 4) is 0 Å². The van der Waals surface area contributed by atoms with Gasteiger partial charge in [0.05, 0.1) is 0 Å². The Morgan fingerprint density at radius 2 is 1.23 bits per heavy atom. The molecular weight excluding hydrogens is 518 g/mol. The zero-order valence-corrected chi connectivity index (χ0v) is 16.8. The average Bonchev–Trinajstić information content (AvgIpc) is 2.18. The second kappa shape index (κ2) is 37.2. The molecule has 0 saturated heterocycles. The maximum Gasteiger partial charge on any atom is 4.00 e. The normalized spacial score (nSPS) is 10.9. The summed E-state index contributed by atoms with van der Waals surface area (Å²) in [6.45, 7) is 1.94. The van der Waals surface area contributed by atoms with Crippen molar-refractivity contribution >= 4 is 11.9 Å². The van der Waals surface area contributed by atoms with Gasteiger partial charge in [-0.05, 0) is 26.7 Å². The van der Waals surface area contributed by atoms with Crippen LogP contribution in [0.25, 0.3) is 0 Å². The molecule has 0 radical (unpaired) electrons. The van der Waals surface area contributed by atoms with Gasteiger partial charge in [0.25, 0.3) is 0 Å². The van der Waals surface area contributed by atoms with Crippen LogP contribution in [0.15, 0.2) is 5.11 Å². The van der Waals surface area contributed by atoms with E-state index in [1.54, 1.807) is 0 Å². The number of carboxylic acid groups (broad SMARTS) is 2. The van der Waals surface area contributed by atoms with Crippen LogP contribution < -0.4 is 46.9 Å². The third-order valence-corrected chi connectivity index (χ3v) is 1.65. The fourth-order valence-electron chi connectivity index (χ4n) is 1.13. The van der Waals surface area contributed by atoms with E-state index < -0.39 is 11.9 Å². The van der Waals surface area contributed by atoms with Crippen molar-refractivity contribution in [2.75, 3.05) is 7.05 Å². The van der Waals surface area contributed by atoms with Gasteiger partial charge in [0.15, 0.2) is 0 Å². The standard InChI is InChI=1S/C6H13N.2C2H4O2.CH4N2.2ClH.H3N.Pt/c7-6-4-2-1-3-5-6;2*1-2(3)4;1-3-2;;;;/h6H,1-5,7H2;2*1H3,(H,3,4);2H,1H3;2*1H;1H3;/q;;;;;;;+4/p-4. The number of hydrogen-bond acceptors (Lipinski definition) is 8. The molecule has 11 heteroatoms. The molecule has 0 bridgehead atoms. The number of nitrogens with two attached hydrogens (primary N) is 1. The van der Waals surface area contributed by atoms with Gasteiger partial charge in [-0.15, -0.1) is 0 Å². The second-order valence-electron chi connectivity index (χ2n) is 3.60. The molecule has 0 spiro atoms. The second-order valence-corrected chi connectivity index (χ2v) is 3.60. The minimum Gasteiger partial charge on any atom is -1.00 e. The molecule has 22 heavy (non-hydrogen) atoms. The monoisotopic (exact) mass is 543 g/mol. The molecule has 0 aromatic heterocycles. The summed E-state index contributed by atoms with van der Waals surface area (Å²) in [7, 11) is 1.42. The average molecular weight is 544 g/mol. The Morgan fingerprint density at radius 1 is 1.05 bits per heavy atom. The van der Waals surface area contributed by atoms with Crippen LogP contribution in [0, 0.1) is 5.53 Å². The molecule has 1 aliphatic rings. The summed E-state index contributed by atoms with van der Waals surface area (Å²) in [5.74, 6) is -2.17. The van der Waals surface area contributed by atoms with Crippen molar-refractivity contribution in [3.63, 3.8) is 0 Å². The van der Waals surface area contributed by atoms with Crippen LogP contribution in [0.2, 0.25) is 0 Å². The third kappa shape index (κ3) is 116. The first-order valence-corrected chi connectivity index (χ1v) is 5.64.